The second kappa shape index (κ2) is 6.06. The predicted molar refractivity (Wildman–Crippen MR) is 85.6 cm³/mol. The quantitative estimate of drug-likeness (QED) is 0.876. The minimum atomic E-state index is -0.0428. The van der Waals surface area contributed by atoms with Gasteiger partial charge in [0.25, 0.3) is 0 Å². The fourth-order valence-corrected chi connectivity index (χ4v) is 2.38. The summed E-state index contributed by atoms with van der Waals surface area (Å²) in [7, 11) is 1.61. The van der Waals surface area contributed by atoms with Gasteiger partial charge in [0.2, 0.25) is 5.91 Å². The number of ether oxygens (including phenoxy) is 1. The summed E-state index contributed by atoms with van der Waals surface area (Å²) in [5, 5.41) is 2.94. The second-order valence-corrected chi connectivity index (χ2v) is 6.92. The van der Waals surface area contributed by atoms with Gasteiger partial charge in [0.1, 0.15) is 5.75 Å². The van der Waals surface area contributed by atoms with E-state index in [9.17, 15) is 4.79 Å². The molecule has 21 heavy (non-hydrogen) atoms. The van der Waals surface area contributed by atoms with Crippen LogP contribution in [0.4, 0.5) is 5.69 Å². The highest BCUT2D eigenvalue weighted by atomic mass is 16.5. The van der Waals surface area contributed by atoms with E-state index >= 15 is 0 Å². The van der Waals surface area contributed by atoms with Crippen molar-refractivity contribution < 1.29 is 9.53 Å². The van der Waals surface area contributed by atoms with E-state index in [1.807, 2.05) is 18.2 Å². The van der Waals surface area contributed by atoms with Crippen LogP contribution in [0, 0.1) is 5.92 Å². The van der Waals surface area contributed by atoms with E-state index in [0.29, 0.717) is 18.1 Å². The van der Waals surface area contributed by atoms with E-state index in [4.69, 9.17) is 10.5 Å². The molecular formula is C17H26N2O2. The molecule has 3 N–H and O–H groups in total. The molecule has 0 saturated heterocycles. The number of amides is 1. The molecule has 4 nitrogen and oxygen atoms in total. The van der Waals surface area contributed by atoms with Gasteiger partial charge in [-0.2, -0.15) is 0 Å². The maximum Gasteiger partial charge on any atom is 0.226 e. The third-order valence-corrected chi connectivity index (χ3v) is 3.99. The lowest BCUT2D eigenvalue weighted by molar-refractivity contribution is -0.116. The highest BCUT2D eigenvalue weighted by Gasteiger charge is 2.30. The first kappa shape index (κ1) is 15.8. The Hall–Kier alpha value is -1.55. The van der Waals surface area contributed by atoms with E-state index in [0.717, 1.165) is 24.1 Å². The zero-order chi connectivity index (χ0) is 15.6. The molecule has 2 rings (SSSR count). The first-order valence-corrected chi connectivity index (χ1v) is 7.55. The van der Waals surface area contributed by atoms with E-state index in [1.54, 1.807) is 7.11 Å². The zero-order valence-corrected chi connectivity index (χ0v) is 13.4. The smallest absolute Gasteiger partial charge is 0.226 e. The molecule has 1 aromatic carbocycles. The van der Waals surface area contributed by atoms with E-state index < -0.39 is 0 Å². The van der Waals surface area contributed by atoms with E-state index in [-0.39, 0.29) is 17.4 Å². The lowest BCUT2D eigenvalue weighted by Crippen LogP contribution is -2.29. The molecule has 0 bridgehead atoms. The molecule has 1 aliphatic rings. The van der Waals surface area contributed by atoms with Crippen LogP contribution in [0.5, 0.6) is 5.75 Å². The van der Waals surface area contributed by atoms with Gasteiger partial charge in [0.15, 0.2) is 0 Å². The Morgan fingerprint density at radius 3 is 2.62 bits per heavy atom. The highest BCUT2D eigenvalue weighted by Crippen LogP contribution is 2.34. The Morgan fingerprint density at radius 2 is 2.10 bits per heavy atom. The molecule has 1 aliphatic carbocycles. The highest BCUT2D eigenvalue weighted by molar-refractivity contribution is 5.92. The topological polar surface area (TPSA) is 64.3 Å². The van der Waals surface area contributed by atoms with Crippen molar-refractivity contribution in [3.8, 4) is 5.75 Å². The number of hydrogen-bond acceptors (Lipinski definition) is 3. The molecule has 1 atom stereocenters. The van der Waals surface area contributed by atoms with Crippen molar-refractivity contribution in [3.05, 3.63) is 23.8 Å². The minimum Gasteiger partial charge on any atom is -0.495 e. The Balaban J connectivity index is 2.11. The van der Waals surface area contributed by atoms with Crippen LogP contribution < -0.4 is 15.8 Å². The van der Waals surface area contributed by atoms with Crippen molar-refractivity contribution in [2.24, 2.45) is 11.7 Å². The van der Waals surface area contributed by atoms with Gasteiger partial charge in [-0.25, -0.2) is 0 Å². The summed E-state index contributed by atoms with van der Waals surface area (Å²) in [5.41, 5.74) is 7.91. The maximum atomic E-state index is 12.1. The largest absolute Gasteiger partial charge is 0.495 e. The molecule has 1 aromatic rings. The van der Waals surface area contributed by atoms with Crippen LogP contribution in [0.25, 0.3) is 0 Å². The Bertz CT molecular complexity index is 516. The molecule has 0 aliphatic heterocycles. The number of nitrogens with two attached hydrogens (primary N) is 1. The number of carbonyl (C=O) groups excluding carboxylic acids is 1. The third kappa shape index (κ3) is 4.21. The van der Waals surface area contributed by atoms with Gasteiger partial charge in [-0.15, -0.1) is 0 Å². The number of nitrogens with one attached hydrogen (secondary N) is 1. The SMILES string of the molecule is COc1ccc(C(C)(C)C)cc1NC(=O)CC(N)C1CC1. The van der Waals surface area contributed by atoms with Crippen molar-refractivity contribution >= 4 is 11.6 Å². The first-order chi connectivity index (χ1) is 9.81. The van der Waals surface area contributed by atoms with Crippen LogP contribution in [0.3, 0.4) is 0 Å². The zero-order valence-electron chi connectivity index (χ0n) is 13.4. The van der Waals surface area contributed by atoms with Gasteiger partial charge in [-0.3, -0.25) is 4.79 Å². The van der Waals surface area contributed by atoms with Crippen molar-refractivity contribution in [1.29, 1.82) is 0 Å². The van der Waals surface area contributed by atoms with E-state index in [2.05, 4.69) is 26.1 Å². The number of carbonyl (C=O) groups is 1. The van der Waals surface area contributed by atoms with Crippen LogP contribution in [0.15, 0.2) is 18.2 Å². The van der Waals surface area contributed by atoms with Crippen molar-refractivity contribution in [2.45, 2.75) is 51.5 Å². The van der Waals surface area contributed by atoms with Crippen LogP contribution in [-0.4, -0.2) is 19.1 Å². The average molecular weight is 290 g/mol. The van der Waals surface area contributed by atoms with Gasteiger partial charge in [0, 0.05) is 12.5 Å². The van der Waals surface area contributed by atoms with Crippen LogP contribution in [0.2, 0.25) is 0 Å². The van der Waals surface area contributed by atoms with Gasteiger partial charge >= 0.3 is 0 Å². The summed E-state index contributed by atoms with van der Waals surface area (Å²) < 4.78 is 5.33. The van der Waals surface area contributed by atoms with Crippen molar-refractivity contribution in [3.63, 3.8) is 0 Å². The van der Waals surface area contributed by atoms with Gasteiger partial charge < -0.3 is 15.8 Å². The number of benzene rings is 1. The molecule has 0 spiro atoms. The molecule has 0 heterocycles. The van der Waals surface area contributed by atoms with Crippen LogP contribution >= 0.6 is 0 Å². The van der Waals surface area contributed by atoms with E-state index in [1.165, 1.54) is 0 Å². The van der Waals surface area contributed by atoms with Gasteiger partial charge in [-0.1, -0.05) is 26.8 Å². The summed E-state index contributed by atoms with van der Waals surface area (Å²) in [5.74, 6) is 1.16. The average Bonchev–Trinajstić information content (AvgIpc) is 3.21. The Labute approximate surface area is 127 Å². The maximum absolute atomic E-state index is 12.1. The third-order valence-electron chi connectivity index (χ3n) is 3.99. The fourth-order valence-electron chi connectivity index (χ4n) is 2.38. The van der Waals surface area contributed by atoms with Crippen LogP contribution in [0.1, 0.15) is 45.6 Å². The molecule has 0 aromatic heterocycles. The second-order valence-electron chi connectivity index (χ2n) is 6.92. The summed E-state index contributed by atoms with van der Waals surface area (Å²) in [6, 6.07) is 5.89. The molecule has 0 radical (unpaired) electrons. The van der Waals surface area contributed by atoms with Gasteiger partial charge in [-0.05, 0) is 41.9 Å². The Morgan fingerprint density at radius 1 is 1.43 bits per heavy atom. The van der Waals surface area contributed by atoms with Gasteiger partial charge in [0.05, 0.1) is 12.8 Å². The summed E-state index contributed by atoms with van der Waals surface area (Å²) in [6.45, 7) is 6.43. The lowest BCUT2D eigenvalue weighted by Gasteiger charge is -2.21. The number of anilines is 1. The summed E-state index contributed by atoms with van der Waals surface area (Å²) in [4.78, 5) is 12.1. The predicted octanol–water partition coefficient (Wildman–Crippen LogP) is 3.06. The van der Waals surface area contributed by atoms with Crippen molar-refractivity contribution in [2.75, 3.05) is 12.4 Å². The summed E-state index contributed by atoms with van der Waals surface area (Å²) in [6.07, 6.45) is 2.67. The first-order valence-electron chi connectivity index (χ1n) is 7.55. The van der Waals surface area contributed by atoms with Crippen LogP contribution in [-0.2, 0) is 10.2 Å². The molecular weight excluding hydrogens is 264 g/mol. The summed E-state index contributed by atoms with van der Waals surface area (Å²) >= 11 is 0. The number of methoxy groups -OCH3 is 1. The molecule has 1 unspecified atom stereocenters. The minimum absolute atomic E-state index is 0.0240. The van der Waals surface area contributed by atoms with Crippen molar-refractivity contribution in [1.82, 2.24) is 0 Å². The fraction of sp³-hybridized carbons (Fsp3) is 0.588. The number of rotatable bonds is 5. The molecule has 1 fully saturated rings. The number of hydrogen-bond donors (Lipinski definition) is 2. The standard InChI is InChI=1S/C17H26N2O2/c1-17(2,3)12-7-8-15(21-4)14(9-12)19-16(20)10-13(18)11-5-6-11/h7-9,11,13H,5-6,10,18H2,1-4H3,(H,19,20). The monoisotopic (exact) mass is 290 g/mol. The Kier molecular flexibility index (Phi) is 4.57. The molecule has 116 valence electrons. The normalized spacial score (nSPS) is 16.4. The molecule has 4 heteroatoms. The lowest BCUT2D eigenvalue weighted by atomic mass is 9.87. The molecule has 1 saturated carbocycles. The molecule has 1 amide bonds.